The molecule has 4 rings (SSSR count). The lowest BCUT2D eigenvalue weighted by atomic mass is 9.85. The number of amides is 4. The van der Waals surface area contributed by atoms with Crippen LogP contribution in [0.1, 0.15) is 44.2 Å². The lowest BCUT2D eigenvalue weighted by Gasteiger charge is -2.32. The summed E-state index contributed by atoms with van der Waals surface area (Å²) in [5, 5.41) is 2.92. The lowest BCUT2D eigenvalue weighted by Crippen LogP contribution is -2.52. The van der Waals surface area contributed by atoms with Crippen molar-refractivity contribution in [2.75, 3.05) is 6.54 Å². The predicted molar refractivity (Wildman–Crippen MR) is 141 cm³/mol. The van der Waals surface area contributed by atoms with Gasteiger partial charge in [-0.1, -0.05) is 54.6 Å². The Hall–Kier alpha value is -3.81. The summed E-state index contributed by atoms with van der Waals surface area (Å²) < 4.78 is 13.6. The molecule has 4 amide bonds. The fourth-order valence-corrected chi connectivity index (χ4v) is 5.16. The largest absolute Gasteiger partial charge is 0.352 e. The summed E-state index contributed by atoms with van der Waals surface area (Å²) in [5.41, 5.74) is 1.55. The molecule has 1 unspecified atom stereocenters. The molecular formula is C30H34FN3O4. The maximum Gasteiger partial charge on any atom is 0.243 e. The lowest BCUT2D eigenvalue weighted by molar-refractivity contribution is -0.144. The SMILES string of the molecule is CC(C)NC(=O)C(Cc1ccccc1)N(Cc1ccc(F)cc1)C(=O)CCN1C(=O)[C@H]2CC=CC[C@H]2C1=O. The van der Waals surface area contributed by atoms with Crippen molar-refractivity contribution in [3.63, 3.8) is 0 Å². The molecule has 2 aromatic carbocycles. The van der Waals surface area contributed by atoms with Crippen LogP contribution in [-0.4, -0.2) is 52.1 Å². The van der Waals surface area contributed by atoms with Crippen LogP contribution >= 0.6 is 0 Å². The molecule has 0 saturated carbocycles. The average Bonchev–Trinajstić information content (AvgIpc) is 3.15. The number of carbonyl (C=O) groups is 4. The zero-order valence-electron chi connectivity index (χ0n) is 21.8. The monoisotopic (exact) mass is 519 g/mol. The molecule has 200 valence electrons. The summed E-state index contributed by atoms with van der Waals surface area (Å²) in [6.07, 6.45) is 5.09. The number of fused-ring (bicyclic) bond motifs is 1. The van der Waals surface area contributed by atoms with Gasteiger partial charge in [-0.05, 0) is 49.9 Å². The zero-order valence-corrected chi connectivity index (χ0v) is 21.8. The first-order chi connectivity index (χ1) is 18.2. The number of rotatable bonds is 10. The minimum atomic E-state index is -0.839. The predicted octanol–water partition coefficient (Wildman–Crippen LogP) is 3.63. The highest BCUT2D eigenvalue weighted by molar-refractivity contribution is 6.05. The summed E-state index contributed by atoms with van der Waals surface area (Å²) in [4.78, 5) is 55.6. The van der Waals surface area contributed by atoms with Gasteiger partial charge in [-0.3, -0.25) is 24.1 Å². The Balaban J connectivity index is 1.58. The number of hydrogen-bond donors (Lipinski definition) is 1. The standard InChI is InChI=1S/C30H34FN3O4/c1-20(2)32-28(36)26(18-21-8-4-3-5-9-21)34(19-22-12-14-23(31)15-13-22)27(35)16-17-33-29(37)24-10-6-7-11-25(24)30(33)38/h3-9,12-15,20,24-26H,10-11,16-19H2,1-2H3,(H,32,36)/t24-,25+,26?. The molecule has 2 aliphatic rings. The number of likely N-dealkylation sites (tertiary alicyclic amines) is 1. The number of imide groups is 1. The van der Waals surface area contributed by atoms with Gasteiger partial charge in [0.2, 0.25) is 23.6 Å². The van der Waals surface area contributed by atoms with Crippen LogP contribution < -0.4 is 5.32 Å². The van der Waals surface area contributed by atoms with Crippen molar-refractivity contribution in [3.8, 4) is 0 Å². The minimum absolute atomic E-state index is 0.0344. The molecule has 3 atom stereocenters. The third-order valence-corrected chi connectivity index (χ3v) is 7.12. The number of nitrogens with one attached hydrogen (secondary N) is 1. The molecule has 38 heavy (non-hydrogen) atoms. The molecule has 0 spiro atoms. The van der Waals surface area contributed by atoms with Crippen LogP contribution in [0.4, 0.5) is 4.39 Å². The number of halogens is 1. The Labute approximate surface area is 222 Å². The van der Waals surface area contributed by atoms with Crippen molar-refractivity contribution >= 4 is 23.6 Å². The second kappa shape index (κ2) is 12.2. The maximum atomic E-state index is 13.7. The summed E-state index contributed by atoms with van der Waals surface area (Å²) in [6, 6.07) is 14.2. The van der Waals surface area contributed by atoms with E-state index in [1.807, 2.05) is 56.3 Å². The molecule has 1 saturated heterocycles. The van der Waals surface area contributed by atoms with E-state index >= 15 is 0 Å². The number of nitrogens with zero attached hydrogens (tertiary/aromatic N) is 2. The summed E-state index contributed by atoms with van der Waals surface area (Å²) in [6.45, 7) is 3.75. The van der Waals surface area contributed by atoms with Crippen molar-refractivity contribution in [1.82, 2.24) is 15.1 Å². The van der Waals surface area contributed by atoms with Gasteiger partial charge >= 0.3 is 0 Å². The van der Waals surface area contributed by atoms with E-state index < -0.39 is 11.9 Å². The summed E-state index contributed by atoms with van der Waals surface area (Å²) >= 11 is 0. The van der Waals surface area contributed by atoms with Crippen LogP contribution in [0.3, 0.4) is 0 Å². The fourth-order valence-electron chi connectivity index (χ4n) is 5.16. The smallest absolute Gasteiger partial charge is 0.243 e. The van der Waals surface area contributed by atoms with Crippen molar-refractivity contribution < 1.29 is 23.6 Å². The van der Waals surface area contributed by atoms with Gasteiger partial charge in [0.05, 0.1) is 11.8 Å². The van der Waals surface area contributed by atoms with Crippen molar-refractivity contribution in [2.24, 2.45) is 11.8 Å². The number of allylic oxidation sites excluding steroid dienone is 2. The van der Waals surface area contributed by atoms with Crippen molar-refractivity contribution in [3.05, 3.63) is 83.7 Å². The average molecular weight is 520 g/mol. The highest BCUT2D eigenvalue weighted by Crippen LogP contribution is 2.35. The molecule has 1 aliphatic heterocycles. The van der Waals surface area contributed by atoms with Gasteiger partial charge in [0.1, 0.15) is 11.9 Å². The normalized spacial score (nSPS) is 19.4. The van der Waals surface area contributed by atoms with Gasteiger partial charge in [-0.2, -0.15) is 0 Å². The molecule has 1 heterocycles. The first kappa shape index (κ1) is 27.2. The minimum Gasteiger partial charge on any atom is -0.352 e. The molecule has 0 aromatic heterocycles. The van der Waals surface area contributed by atoms with Crippen LogP contribution in [-0.2, 0) is 32.1 Å². The maximum absolute atomic E-state index is 13.7. The number of hydrogen-bond acceptors (Lipinski definition) is 4. The van der Waals surface area contributed by atoms with E-state index in [1.54, 1.807) is 12.1 Å². The Morgan fingerprint density at radius 3 is 2.13 bits per heavy atom. The van der Waals surface area contributed by atoms with Crippen molar-refractivity contribution in [1.29, 1.82) is 0 Å². The Morgan fingerprint density at radius 1 is 0.947 bits per heavy atom. The van der Waals surface area contributed by atoms with Gasteiger partial charge in [0.25, 0.3) is 0 Å². The second-order valence-electron chi connectivity index (χ2n) is 10.3. The second-order valence-corrected chi connectivity index (χ2v) is 10.3. The topological polar surface area (TPSA) is 86.8 Å². The number of benzene rings is 2. The molecule has 7 nitrogen and oxygen atoms in total. The fraction of sp³-hybridized carbons (Fsp3) is 0.400. The van der Waals surface area contributed by atoms with Gasteiger partial charge < -0.3 is 10.2 Å². The van der Waals surface area contributed by atoms with Gasteiger partial charge in [-0.25, -0.2) is 4.39 Å². The Morgan fingerprint density at radius 2 is 1.55 bits per heavy atom. The van der Waals surface area contributed by atoms with E-state index in [-0.39, 0.29) is 67.4 Å². The molecular weight excluding hydrogens is 485 g/mol. The van der Waals surface area contributed by atoms with Crippen LogP contribution in [0.5, 0.6) is 0 Å². The van der Waals surface area contributed by atoms with Gasteiger partial charge in [0, 0.05) is 32.0 Å². The van der Waals surface area contributed by atoms with E-state index in [4.69, 9.17) is 0 Å². The van der Waals surface area contributed by atoms with Crippen LogP contribution in [0.15, 0.2) is 66.7 Å². The zero-order chi connectivity index (χ0) is 27.2. The van der Waals surface area contributed by atoms with E-state index in [9.17, 15) is 23.6 Å². The first-order valence-corrected chi connectivity index (χ1v) is 13.1. The first-order valence-electron chi connectivity index (χ1n) is 13.1. The molecule has 0 bridgehead atoms. The quantitative estimate of drug-likeness (QED) is 0.384. The summed E-state index contributed by atoms with van der Waals surface area (Å²) in [5.74, 6) is -2.25. The third-order valence-electron chi connectivity index (χ3n) is 7.12. The molecule has 0 radical (unpaired) electrons. The van der Waals surface area contributed by atoms with Gasteiger partial charge in [0.15, 0.2) is 0 Å². The van der Waals surface area contributed by atoms with E-state index in [0.29, 0.717) is 18.4 Å². The van der Waals surface area contributed by atoms with E-state index in [1.165, 1.54) is 21.9 Å². The van der Waals surface area contributed by atoms with Gasteiger partial charge in [-0.15, -0.1) is 0 Å². The summed E-state index contributed by atoms with van der Waals surface area (Å²) in [7, 11) is 0. The van der Waals surface area contributed by atoms with Crippen LogP contribution in [0.25, 0.3) is 0 Å². The van der Waals surface area contributed by atoms with Crippen LogP contribution in [0.2, 0.25) is 0 Å². The van der Waals surface area contributed by atoms with E-state index in [2.05, 4.69) is 5.32 Å². The van der Waals surface area contributed by atoms with Crippen molar-refractivity contribution in [2.45, 2.75) is 58.2 Å². The third kappa shape index (κ3) is 6.36. The molecule has 1 aliphatic carbocycles. The molecule has 1 N–H and O–H groups in total. The highest BCUT2D eigenvalue weighted by atomic mass is 19.1. The van der Waals surface area contributed by atoms with Crippen LogP contribution in [0, 0.1) is 17.7 Å². The molecule has 1 fully saturated rings. The number of carbonyl (C=O) groups excluding carboxylic acids is 4. The molecule has 2 aromatic rings. The Kier molecular flexibility index (Phi) is 8.71. The molecule has 8 heteroatoms. The Bertz CT molecular complexity index is 1170. The highest BCUT2D eigenvalue weighted by Gasteiger charge is 2.47. The van der Waals surface area contributed by atoms with E-state index in [0.717, 1.165) is 5.56 Å².